The lowest BCUT2D eigenvalue weighted by Crippen LogP contribution is -2.47. The summed E-state index contributed by atoms with van der Waals surface area (Å²) in [6.45, 7) is 5.92. The fourth-order valence-corrected chi connectivity index (χ4v) is 3.85. The van der Waals surface area contributed by atoms with Crippen molar-refractivity contribution in [3.63, 3.8) is 0 Å². The number of rotatable bonds is 3. The third-order valence-electron chi connectivity index (χ3n) is 5.20. The molecule has 0 aromatic carbocycles. The van der Waals surface area contributed by atoms with Crippen LogP contribution in [0.5, 0.6) is 0 Å². The van der Waals surface area contributed by atoms with Gasteiger partial charge in [0.05, 0.1) is 12.5 Å². The number of carbonyl (C=O) groups is 1. The Balaban J connectivity index is 1.44. The van der Waals surface area contributed by atoms with E-state index in [4.69, 9.17) is 0 Å². The fourth-order valence-electron chi connectivity index (χ4n) is 3.85. The van der Waals surface area contributed by atoms with Crippen LogP contribution in [0, 0.1) is 5.92 Å². The number of carbonyl (C=O) groups excluding carboxylic acids is 1. The van der Waals surface area contributed by atoms with Gasteiger partial charge in [-0.05, 0) is 25.0 Å². The maximum atomic E-state index is 13.0. The minimum atomic E-state index is 0.0378. The molecular formula is C18H24N6O. The molecule has 0 N–H and O–H groups in total. The molecule has 0 radical (unpaired) electrons. The topological polar surface area (TPSA) is 67.2 Å². The SMILES string of the molecule is CCc1nnc2n1CCN(C(=O)[C@H]1CCCN(c3ccccn3)C1)C2. The molecule has 0 bridgehead atoms. The van der Waals surface area contributed by atoms with Crippen LogP contribution in [0.3, 0.4) is 0 Å². The molecule has 1 atom stereocenters. The van der Waals surface area contributed by atoms with Gasteiger partial charge in [-0.25, -0.2) is 4.98 Å². The highest BCUT2D eigenvalue weighted by atomic mass is 16.2. The molecule has 4 rings (SSSR count). The van der Waals surface area contributed by atoms with Crippen molar-refractivity contribution < 1.29 is 4.79 Å². The molecule has 1 amide bonds. The second kappa shape index (κ2) is 6.82. The highest BCUT2D eigenvalue weighted by Gasteiger charge is 2.32. The summed E-state index contributed by atoms with van der Waals surface area (Å²) in [6, 6.07) is 5.93. The monoisotopic (exact) mass is 340 g/mol. The van der Waals surface area contributed by atoms with E-state index in [0.29, 0.717) is 6.54 Å². The van der Waals surface area contributed by atoms with Crippen LogP contribution in [0.2, 0.25) is 0 Å². The van der Waals surface area contributed by atoms with Gasteiger partial charge in [0.2, 0.25) is 5.91 Å². The summed E-state index contributed by atoms with van der Waals surface area (Å²) in [5, 5.41) is 8.50. The Morgan fingerprint density at radius 2 is 2.16 bits per heavy atom. The molecule has 1 fully saturated rings. The number of aromatic nitrogens is 4. The van der Waals surface area contributed by atoms with E-state index < -0.39 is 0 Å². The molecule has 2 aromatic rings. The number of hydrogen-bond acceptors (Lipinski definition) is 5. The average Bonchev–Trinajstić information content (AvgIpc) is 3.10. The summed E-state index contributed by atoms with van der Waals surface area (Å²) < 4.78 is 2.16. The first-order chi connectivity index (χ1) is 12.3. The lowest BCUT2D eigenvalue weighted by atomic mass is 9.96. The zero-order valence-electron chi connectivity index (χ0n) is 14.6. The molecule has 1 saturated heterocycles. The third kappa shape index (κ3) is 3.10. The minimum absolute atomic E-state index is 0.0378. The predicted octanol–water partition coefficient (Wildman–Crippen LogP) is 1.49. The van der Waals surface area contributed by atoms with Crippen molar-refractivity contribution in [1.29, 1.82) is 0 Å². The van der Waals surface area contributed by atoms with Gasteiger partial charge < -0.3 is 14.4 Å². The summed E-state index contributed by atoms with van der Waals surface area (Å²) in [5.41, 5.74) is 0. The van der Waals surface area contributed by atoms with E-state index in [9.17, 15) is 4.79 Å². The summed E-state index contributed by atoms with van der Waals surface area (Å²) >= 11 is 0. The number of piperidine rings is 1. The van der Waals surface area contributed by atoms with Crippen LogP contribution in [-0.4, -0.2) is 50.2 Å². The van der Waals surface area contributed by atoms with Gasteiger partial charge in [0, 0.05) is 38.8 Å². The Morgan fingerprint density at radius 1 is 1.24 bits per heavy atom. The maximum absolute atomic E-state index is 13.0. The van der Waals surface area contributed by atoms with Gasteiger partial charge in [-0.2, -0.15) is 0 Å². The molecule has 7 heteroatoms. The van der Waals surface area contributed by atoms with Gasteiger partial charge in [0.15, 0.2) is 5.82 Å². The molecular weight excluding hydrogens is 316 g/mol. The molecule has 2 aliphatic rings. The predicted molar refractivity (Wildman–Crippen MR) is 94.0 cm³/mol. The van der Waals surface area contributed by atoms with Gasteiger partial charge in [-0.1, -0.05) is 13.0 Å². The van der Waals surface area contributed by atoms with E-state index in [0.717, 1.165) is 62.9 Å². The molecule has 2 aliphatic heterocycles. The van der Waals surface area contributed by atoms with Gasteiger partial charge in [0.25, 0.3) is 0 Å². The van der Waals surface area contributed by atoms with Crippen LogP contribution in [0.25, 0.3) is 0 Å². The normalized spacial score (nSPS) is 20.4. The Bertz CT molecular complexity index is 743. The molecule has 7 nitrogen and oxygen atoms in total. The number of nitrogens with zero attached hydrogens (tertiary/aromatic N) is 6. The van der Waals surface area contributed by atoms with Crippen LogP contribution >= 0.6 is 0 Å². The van der Waals surface area contributed by atoms with Crippen molar-refractivity contribution in [2.45, 2.75) is 39.3 Å². The van der Waals surface area contributed by atoms with Gasteiger partial charge >= 0.3 is 0 Å². The Labute approximate surface area is 147 Å². The lowest BCUT2D eigenvalue weighted by molar-refractivity contribution is -0.137. The van der Waals surface area contributed by atoms with Gasteiger partial charge in [0.1, 0.15) is 11.6 Å². The van der Waals surface area contributed by atoms with Gasteiger partial charge in [-0.3, -0.25) is 4.79 Å². The molecule has 0 aliphatic carbocycles. The third-order valence-corrected chi connectivity index (χ3v) is 5.20. The van der Waals surface area contributed by atoms with Crippen molar-refractivity contribution in [2.24, 2.45) is 5.92 Å². The fraction of sp³-hybridized carbons (Fsp3) is 0.556. The quantitative estimate of drug-likeness (QED) is 0.847. The Hall–Kier alpha value is -2.44. The zero-order chi connectivity index (χ0) is 17.2. The number of amides is 1. The van der Waals surface area contributed by atoms with E-state index in [1.54, 1.807) is 0 Å². The molecule has 132 valence electrons. The summed E-state index contributed by atoms with van der Waals surface area (Å²) in [4.78, 5) is 21.7. The summed E-state index contributed by atoms with van der Waals surface area (Å²) in [6.07, 6.45) is 4.66. The van der Waals surface area contributed by atoms with Crippen molar-refractivity contribution in [3.05, 3.63) is 36.0 Å². The zero-order valence-corrected chi connectivity index (χ0v) is 14.6. The first kappa shape index (κ1) is 16.1. The number of anilines is 1. The molecule has 0 spiro atoms. The Kier molecular flexibility index (Phi) is 4.38. The van der Waals surface area contributed by atoms with E-state index >= 15 is 0 Å². The second-order valence-corrected chi connectivity index (χ2v) is 6.77. The molecule has 4 heterocycles. The van der Waals surface area contributed by atoms with Gasteiger partial charge in [-0.15, -0.1) is 10.2 Å². The van der Waals surface area contributed by atoms with Crippen molar-refractivity contribution >= 4 is 11.7 Å². The highest BCUT2D eigenvalue weighted by Crippen LogP contribution is 2.24. The number of pyridine rings is 1. The second-order valence-electron chi connectivity index (χ2n) is 6.77. The largest absolute Gasteiger partial charge is 0.356 e. The van der Waals surface area contributed by atoms with E-state index in [1.807, 2.05) is 29.3 Å². The number of aryl methyl sites for hydroxylation is 1. The lowest BCUT2D eigenvalue weighted by Gasteiger charge is -2.36. The minimum Gasteiger partial charge on any atom is -0.356 e. The van der Waals surface area contributed by atoms with Crippen molar-refractivity contribution in [1.82, 2.24) is 24.6 Å². The average molecular weight is 340 g/mol. The number of hydrogen-bond donors (Lipinski definition) is 0. The standard InChI is InChI=1S/C18H24N6O/c1-2-15-20-21-17-13-23(10-11-24(15)17)18(25)14-6-5-9-22(12-14)16-7-3-4-8-19-16/h3-4,7-8,14H,2,5-6,9-13H2,1H3/t14-/m0/s1. The van der Waals surface area contributed by atoms with E-state index in [2.05, 4.69) is 31.6 Å². The molecule has 0 unspecified atom stereocenters. The number of fused-ring (bicyclic) bond motifs is 1. The first-order valence-corrected chi connectivity index (χ1v) is 9.12. The van der Waals surface area contributed by atoms with E-state index in [-0.39, 0.29) is 11.8 Å². The molecule has 0 saturated carbocycles. The Morgan fingerprint density at radius 3 is 2.96 bits per heavy atom. The summed E-state index contributed by atoms with van der Waals surface area (Å²) in [7, 11) is 0. The van der Waals surface area contributed by atoms with Crippen LogP contribution < -0.4 is 4.90 Å². The van der Waals surface area contributed by atoms with Crippen LogP contribution in [-0.2, 0) is 24.3 Å². The smallest absolute Gasteiger partial charge is 0.227 e. The summed E-state index contributed by atoms with van der Waals surface area (Å²) in [5.74, 6) is 3.17. The van der Waals surface area contributed by atoms with Crippen LogP contribution in [0.15, 0.2) is 24.4 Å². The van der Waals surface area contributed by atoms with Crippen LogP contribution in [0.4, 0.5) is 5.82 Å². The van der Waals surface area contributed by atoms with Crippen LogP contribution in [0.1, 0.15) is 31.4 Å². The molecule has 25 heavy (non-hydrogen) atoms. The van der Waals surface area contributed by atoms with E-state index in [1.165, 1.54) is 0 Å². The van der Waals surface area contributed by atoms with Crippen molar-refractivity contribution in [3.8, 4) is 0 Å². The highest BCUT2D eigenvalue weighted by molar-refractivity contribution is 5.79. The molecule has 2 aromatic heterocycles. The first-order valence-electron chi connectivity index (χ1n) is 9.12. The van der Waals surface area contributed by atoms with Crippen molar-refractivity contribution in [2.75, 3.05) is 24.5 Å². The maximum Gasteiger partial charge on any atom is 0.227 e.